The minimum atomic E-state index is 0.0407. The summed E-state index contributed by atoms with van der Waals surface area (Å²) in [6.45, 7) is 16.5. The molecule has 0 N–H and O–H groups in total. The highest BCUT2D eigenvalue weighted by molar-refractivity contribution is 5.35. The molecule has 0 bridgehead atoms. The van der Waals surface area contributed by atoms with Gasteiger partial charge in [0, 0.05) is 5.41 Å². The maximum Gasteiger partial charge on any atom is 0.0125 e. The van der Waals surface area contributed by atoms with E-state index in [9.17, 15) is 0 Å². The van der Waals surface area contributed by atoms with Crippen molar-refractivity contribution in [2.75, 3.05) is 0 Å². The molecule has 0 aliphatic heterocycles. The van der Waals surface area contributed by atoms with E-state index in [2.05, 4.69) is 46.1 Å². The quantitative estimate of drug-likeness (QED) is 0.534. The van der Waals surface area contributed by atoms with Crippen LogP contribution in [0.3, 0.4) is 0 Å². The average Bonchev–Trinajstić information content (AvgIpc) is 2.31. The van der Waals surface area contributed by atoms with Gasteiger partial charge in [0.25, 0.3) is 0 Å². The molecule has 0 nitrogen and oxygen atoms in total. The zero-order valence-corrected chi connectivity index (χ0v) is 11.1. The van der Waals surface area contributed by atoms with Crippen LogP contribution in [0.4, 0.5) is 0 Å². The van der Waals surface area contributed by atoms with Gasteiger partial charge < -0.3 is 0 Å². The van der Waals surface area contributed by atoms with E-state index in [-0.39, 0.29) is 5.41 Å². The van der Waals surface area contributed by atoms with Crippen LogP contribution in [0, 0.1) is 5.41 Å². The topological polar surface area (TPSA) is 0 Å². The average molecular weight is 216 g/mol. The third-order valence-electron chi connectivity index (χ3n) is 3.26. The lowest BCUT2D eigenvalue weighted by atomic mass is 9.74. The molecule has 0 aromatic carbocycles. The van der Waals surface area contributed by atoms with Gasteiger partial charge in [-0.25, -0.2) is 0 Å². The van der Waals surface area contributed by atoms with Crippen LogP contribution in [-0.4, -0.2) is 0 Å². The third-order valence-corrected chi connectivity index (χ3v) is 3.26. The van der Waals surface area contributed by atoms with Crippen molar-refractivity contribution in [3.8, 4) is 0 Å². The van der Waals surface area contributed by atoms with E-state index in [0.29, 0.717) is 0 Å². The van der Waals surface area contributed by atoms with Crippen LogP contribution in [0.2, 0.25) is 0 Å². The molecular weight excluding hydrogens is 192 g/mol. The molecular formula is C16H24. The summed E-state index contributed by atoms with van der Waals surface area (Å²) in [4.78, 5) is 0. The number of hydrogen-bond acceptors (Lipinski definition) is 0. The molecule has 0 aromatic rings. The minimum absolute atomic E-state index is 0.0407. The lowest BCUT2D eigenvalue weighted by Crippen LogP contribution is -2.18. The van der Waals surface area contributed by atoms with Gasteiger partial charge in [-0.1, -0.05) is 69.0 Å². The summed E-state index contributed by atoms with van der Waals surface area (Å²) >= 11 is 0. The van der Waals surface area contributed by atoms with Gasteiger partial charge in [0.05, 0.1) is 0 Å². The molecule has 0 saturated carbocycles. The van der Waals surface area contributed by atoms with Crippen molar-refractivity contribution in [3.05, 3.63) is 60.8 Å². The van der Waals surface area contributed by atoms with E-state index in [1.165, 1.54) is 5.57 Å². The molecule has 16 heavy (non-hydrogen) atoms. The first kappa shape index (κ1) is 14.7. The molecule has 0 heterocycles. The van der Waals surface area contributed by atoms with Crippen molar-refractivity contribution in [2.24, 2.45) is 5.41 Å². The molecule has 0 aliphatic rings. The van der Waals surface area contributed by atoms with Gasteiger partial charge in [0.1, 0.15) is 0 Å². The maximum atomic E-state index is 4.16. The molecule has 1 unspecified atom stereocenters. The fourth-order valence-corrected chi connectivity index (χ4v) is 1.55. The van der Waals surface area contributed by atoms with Crippen LogP contribution in [-0.2, 0) is 0 Å². The zero-order chi connectivity index (χ0) is 12.6. The van der Waals surface area contributed by atoms with E-state index >= 15 is 0 Å². The first-order chi connectivity index (χ1) is 7.52. The Kier molecular flexibility index (Phi) is 6.48. The largest absolute Gasteiger partial charge is 0.0991 e. The van der Waals surface area contributed by atoms with Crippen LogP contribution < -0.4 is 0 Å². The van der Waals surface area contributed by atoms with Crippen LogP contribution >= 0.6 is 0 Å². The first-order valence-corrected chi connectivity index (χ1v) is 5.81. The Morgan fingerprint density at radius 2 is 1.94 bits per heavy atom. The molecule has 0 fully saturated rings. The molecule has 0 saturated heterocycles. The van der Waals surface area contributed by atoms with E-state index in [0.717, 1.165) is 12.0 Å². The SMILES string of the molecule is C=C/C=C\C(=C)C(C)(CC)/C(C)=C/C=C\C. The highest BCUT2D eigenvalue weighted by Crippen LogP contribution is 2.38. The number of rotatable bonds is 6. The molecule has 0 radical (unpaired) electrons. The van der Waals surface area contributed by atoms with Gasteiger partial charge in [-0.15, -0.1) is 0 Å². The van der Waals surface area contributed by atoms with Crippen molar-refractivity contribution in [3.63, 3.8) is 0 Å². The van der Waals surface area contributed by atoms with Gasteiger partial charge in [-0.3, -0.25) is 0 Å². The van der Waals surface area contributed by atoms with Crippen molar-refractivity contribution in [1.82, 2.24) is 0 Å². The Balaban J connectivity index is 5.11. The number of allylic oxidation sites excluding steroid dienone is 8. The maximum absolute atomic E-state index is 4.16. The first-order valence-electron chi connectivity index (χ1n) is 5.81. The summed E-state index contributed by atoms with van der Waals surface area (Å²) in [5.41, 5.74) is 2.51. The highest BCUT2D eigenvalue weighted by Gasteiger charge is 2.25. The van der Waals surface area contributed by atoms with E-state index in [1.54, 1.807) is 6.08 Å². The zero-order valence-electron chi connectivity index (χ0n) is 11.1. The molecule has 1 atom stereocenters. The predicted molar refractivity (Wildman–Crippen MR) is 75.4 cm³/mol. The van der Waals surface area contributed by atoms with Crippen molar-refractivity contribution < 1.29 is 0 Å². The van der Waals surface area contributed by atoms with Crippen molar-refractivity contribution in [2.45, 2.75) is 34.1 Å². The second-order valence-corrected chi connectivity index (χ2v) is 4.18. The molecule has 0 aromatic heterocycles. The fraction of sp³-hybridized carbons (Fsp3) is 0.375. The summed E-state index contributed by atoms with van der Waals surface area (Å²) in [5, 5.41) is 0. The smallest absolute Gasteiger partial charge is 0.0125 e. The van der Waals surface area contributed by atoms with Crippen molar-refractivity contribution in [1.29, 1.82) is 0 Å². The van der Waals surface area contributed by atoms with E-state index < -0.39 is 0 Å². The van der Waals surface area contributed by atoms with Gasteiger partial charge in [-0.05, 0) is 25.8 Å². The van der Waals surface area contributed by atoms with Crippen LogP contribution in [0.15, 0.2) is 60.8 Å². The lowest BCUT2D eigenvalue weighted by Gasteiger charge is -2.30. The molecule has 0 amide bonds. The summed E-state index contributed by atoms with van der Waals surface area (Å²) in [6, 6.07) is 0. The Labute approximate surface area is 101 Å². The Morgan fingerprint density at radius 1 is 1.31 bits per heavy atom. The highest BCUT2D eigenvalue weighted by atomic mass is 14.3. The van der Waals surface area contributed by atoms with Crippen molar-refractivity contribution >= 4 is 0 Å². The van der Waals surface area contributed by atoms with Gasteiger partial charge in [-0.2, -0.15) is 0 Å². The second-order valence-electron chi connectivity index (χ2n) is 4.18. The fourth-order valence-electron chi connectivity index (χ4n) is 1.55. The van der Waals surface area contributed by atoms with Gasteiger partial charge >= 0.3 is 0 Å². The molecule has 0 heteroatoms. The summed E-state index contributed by atoms with van der Waals surface area (Å²) < 4.78 is 0. The van der Waals surface area contributed by atoms with Gasteiger partial charge in [0.15, 0.2) is 0 Å². The molecule has 0 aliphatic carbocycles. The third kappa shape index (κ3) is 3.69. The van der Waals surface area contributed by atoms with Gasteiger partial charge in [0.2, 0.25) is 0 Å². The standard InChI is InChI=1S/C16H24/c1-7-10-12-14(4)16(6,9-3)15(5)13-11-8-2/h7-8,10-13H,1,4,9H2,2-3,5-6H3/b11-8-,12-10-,15-13+. The Bertz CT molecular complexity index is 326. The minimum Gasteiger partial charge on any atom is -0.0991 e. The van der Waals surface area contributed by atoms with E-state index in [4.69, 9.17) is 0 Å². The Morgan fingerprint density at radius 3 is 2.38 bits per heavy atom. The van der Waals surface area contributed by atoms with Crippen LogP contribution in [0.1, 0.15) is 34.1 Å². The van der Waals surface area contributed by atoms with Crippen LogP contribution in [0.5, 0.6) is 0 Å². The lowest BCUT2D eigenvalue weighted by molar-refractivity contribution is 0.473. The monoisotopic (exact) mass is 216 g/mol. The molecule has 0 rings (SSSR count). The second kappa shape index (κ2) is 7.05. The predicted octanol–water partition coefficient (Wildman–Crippen LogP) is 5.22. The Hall–Kier alpha value is -1.30. The summed E-state index contributed by atoms with van der Waals surface area (Å²) in [7, 11) is 0. The number of hydrogen-bond donors (Lipinski definition) is 0. The summed E-state index contributed by atoms with van der Waals surface area (Å²) in [6.07, 6.45) is 13.1. The normalized spacial score (nSPS) is 16.6. The van der Waals surface area contributed by atoms with E-state index in [1.807, 2.05) is 25.2 Å². The van der Waals surface area contributed by atoms with Crippen LogP contribution in [0.25, 0.3) is 0 Å². The summed E-state index contributed by atoms with van der Waals surface area (Å²) in [5.74, 6) is 0. The molecule has 88 valence electrons. The molecule has 0 spiro atoms.